The lowest BCUT2D eigenvalue weighted by Crippen LogP contribution is -2.47. The number of ether oxygens (including phenoxy) is 1. The summed E-state index contributed by atoms with van der Waals surface area (Å²) in [7, 11) is 0. The van der Waals surface area contributed by atoms with Crippen LogP contribution in [0, 0.1) is 0 Å². The zero-order valence-corrected chi connectivity index (χ0v) is 17.1. The summed E-state index contributed by atoms with van der Waals surface area (Å²) in [5.41, 5.74) is -0.786. The predicted octanol–water partition coefficient (Wildman–Crippen LogP) is -0.752. The number of hydrogen-bond donors (Lipinski definition) is 5. The minimum atomic E-state index is -0.587. The summed E-state index contributed by atoms with van der Waals surface area (Å²) in [4.78, 5) is 46.2. The van der Waals surface area contributed by atoms with Crippen molar-refractivity contribution in [2.45, 2.75) is 52.7 Å². The Bertz CT molecular complexity index is 523. The van der Waals surface area contributed by atoms with Crippen LogP contribution in [0.15, 0.2) is 0 Å². The molecule has 0 aliphatic heterocycles. The Balaban J connectivity index is 3.79. The van der Waals surface area contributed by atoms with Crippen molar-refractivity contribution in [1.29, 1.82) is 0 Å². The first-order chi connectivity index (χ1) is 12.3. The van der Waals surface area contributed by atoms with Crippen molar-refractivity contribution < 1.29 is 23.9 Å². The zero-order valence-electron chi connectivity index (χ0n) is 17.1. The van der Waals surface area contributed by atoms with E-state index in [2.05, 4.69) is 26.6 Å². The molecule has 0 aliphatic carbocycles. The van der Waals surface area contributed by atoms with Crippen molar-refractivity contribution in [3.05, 3.63) is 0 Å². The molecule has 0 aromatic rings. The van der Waals surface area contributed by atoms with Crippen LogP contribution in [0.5, 0.6) is 0 Å². The molecule has 0 aromatic carbocycles. The third-order valence-corrected chi connectivity index (χ3v) is 2.79. The van der Waals surface area contributed by atoms with Crippen LogP contribution in [-0.2, 0) is 19.1 Å². The van der Waals surface area contributed by atoms with Gasteiger partial charge in [-0.2, -0.15) is 0 Å². The van der Waals surface area contributed by atoms with Gasteiger partial charge in [-0.3, -0.25) is 14.4 Å². The van der Waals surface area contributed by atoms with Gasteiger partial charge in [-0.05, 0) is 41.5 Å². The van der Waals surface area contributed by atoms with Crippen molar-refractivity contribution in [3.63, 3.8) is 0 Å². The molecule has 0 aliphatic rings. The Morgan fingerprint density at radius 1 is 0.667 bits per heavy atom. The van der Waals surface area contributed by atoms with Crippen LogP contribution in [0.1, 0.15) is 41.5 Å². The van der Waals surface area contributed by atoms with Crippen LogP contribution in [0.4, 0.5) is 4.79 Å². The first-order valence-electron chi connectivity index (χ1n) is 8.80. The van der Waals surface area contributed by atoms with E-state index in [0.29, 0.717) is 0 Å². The Morgan fingerprint density at radius 3 is 1.59 bits per heavy atom. The molecule has 0 radical (unpaired) electrons. The third-order valence-electron chi connectivity index (χ3n) is 2.79. The maximum Gasteiger partial charge on any atom is 0.407 e. The van der Waals surface area contributed by atoms with E-state index in [4.69, 9.17) is 4.74 Å². The van der Waals surface area contributed by atoms with Crippen LogP contribution in [0.3, 0.4) is 0 Å². The highest BCUT2D eigenvalue weighted by Gasteiger charge is 2.15. The highest BCUT2D eigenvalue weighted by Crippen LogP contribution is 2.05. The van der Waals surface area contributed by atoms with E-state index in [1.165, 1.54) is 0 Å². The second kappa shape index (κ2) is 11.4. The van der Waals surface area contributed by atoms with Gasteiger partial charge < -0.3 is 31.3 Å². The van der Waals surface area contributed by atoms with Crippen LogP contribution in [0.25, 0.3) is 0 Å². The fraction of sp³-hybridized carbons (Fsp3) is 0.765. The first-order valence-corrected chi connectivity index (χ1v) is 8.80. The minimum Gasteiger partial charge on any atom is -0.444 e. The van der Waals surface area contributed by atoms with E-state index in [-0.39, 0.29) is 44.2 Å². The maximum absolute atomic E-state index is 11.6. The van der Waals surface area contributed by atoms with E-state index in [9.17, 15) is 19.2 Å². The molecule has 10 nitrogen and oxygen atoms in total. The quantitative estimate of drug-likeness (QED) is 0.330. The Labute approximate surface area is 160 Å². The van der Waals surface area contributed by atoms with Gasteiger partial charge in [0, 0.05) is 18.6 Å². The van der Waals surface area contributed by atoms with E-state index >= 15 is 0 Å². The molecule has 0 aromatic heterocycles. The van der Waals surface area contributed by atoms with E-state index in [1.807, 2.05) is 20.8 Å². The van der Waals surface area contributed by atoms with Crippen LogP contribution in [0.2, 0.25) is 0 Å². The second-order valence-electron chi connectivity index (χ2n) is 7.94. The Morgan fingerprint density at radius 2 is 1.11 bits per heavy atom. The average molecular weight is 387 g/mol. The number of nitrogens with one attached hydrogen (secondary N) is 5. The molecule has 27 heavy (non-hydrogen) atoms. The van der Waals surface area contributed by atoms with Crippen LogP contribution < -0.4 is 26.6 Å². The molecule has 4 amide bonds. The van der Waals surface area contributed by atoms with Crippen LogP contribution in [-0.4, -0.2) is 67.7 Å². The van der Waals surface area contributed by atoms with Crippen molar-refractivity contribution in [1.82, 2.24) is 26.6 Å². The summed E-state index contributed by atoms with van der Waals surface area (Å²) in [6.45, 7) is 11.1. The fourth-order valence-corrected chi connectivity index (χ4v) is 1.57. The molecule has 0 saturated heterocycles. The summed E-state index contributed by atoms with van der Waals surface area (Å²) in [6, 6.07) is 0. The first kappa shape index (κ1) is 24.6. The van der Waals surface area contributed by atoms with E-state index < -0.39 is 23.5 Å². The Hall–Kier alpha value is -2.36. The van der Waals surface area contributed by atoms with Gasteiger partial charge in [0.05, 0.1) is 19.6 Å². The number of carbonyl (C=O) groups is 4. The average Bonchev–Trinajstić information content (AvgIpc) is 2.50. The molecule has 0 fully saturated rings. The van der Waals surface area contributed by atoms with Gasteiger partial charge in [-0.1, -0.05) is 0 Å². The van der Waals surface area contributed by atoms with Gasteiger partial charge in [-0.15, -0.1) is 0 Å². The number of amides is 4. The predicted molar refractivity (Wildman–Crippen MR) is 101 cm³/mol. The molecular weight excluding hydrogens is 354 g/mol. The molecule has 10 heteroatoms. The maximum atomic E-state index is 11.6. The van der Waals surface area contributed by atoms with Gasteiger partial charge in [0.25, 0.3) is 0 Å². The minimum absolute atomic E-state index is 0.0991. The fourth-order valence-electron chi connectivity index (χ4n) is 1.57. The topological polar surface area (TPSA) is 138 Å². The zero-order chi connectivity index (χ0) is 21.1. The van der Waals surface area contributed by atoms with Crippen LogP contribution >= 0.6 is 0 Å². The van der Waals surface area contributed by atoms with Gasteiger partial charge in [-0.25, -0.2) is 4.79 Å². The summed E-state index contributed by atoms with van der Waals surface area (Å²) in [5.74, 6) is -1.19. The number of carbonyl (C=O) groups excluding carboxylic acids is 4. The molecule has 0 bridgehead atoms. The lowest BCUT2D eigenvalue weighted by atomic mass is 10.1. The molecule has 0 saturated carbocycles. The number of alkyl carbamates (subject to hydrolysis) is 1. The molecule has 0 spiro atoms. The van der Waals surface area contributed by atoms with Crippen molar-refractivity contribution >= 4 is 23.8 Å². The molecular formula is C17H33N5O5. The van der Waals surface area contributed by atoms with Crippen molar-refractivity contribution in [2.75, 3.05) is 32.7 Å². The van der Waals surface area contributed by atoms with Crippen molar-refractivity contribution in [3.8, 4) is 0 Å². The second-order valence-corrected chi connectivity index (χ2v) is 7.94. The smallest absolute Gasteiger partial charge is 0.407 e. The van der Waals surface area contributed by atoms with Crippen molar-refractivity contribution in [2.24, 2.45) is 0 Å². The lowest BCUT2D eigenvalue weighted by Gasteiger charge is -2.20. The monoisotopic (exact) mass is 387 g/mol. The molecule has 0 rings (SSSR count). The summed E-state index contributed by atoms with van der Waals surface area (Å²) in [6.07, 6.45) is -0.568. The summed E-state index contributed by atoms with van der Waals surface area (Å²) < 4.78 is 5.05. The largest absolute Gasteiger partial charge is 0.444 e. The number of rotatable bonds is 9. The molecule has 5 N–H and O–H groups in total. The van der Waals surface area contributed by atoms with Gasteiger partial charge in [0.1, 0.15) is 5.60 Å². The van der Waals surface area contributed by atoms with Gasteiger partial charge in [0.2, 0.25) is 17.7 Å². The SMILES string of the molecule is CC(C)(C)NCC(=O)NCC(=O)NCC(=O)NCCNC(=O)OC(C)(C)C. The highest BCUT2D eigenvalue weighted by atomic mass is 16.6. The highest BCUT2D eigenvalue weighted by molar-refractivity contribution is 5.88. The summed E-state index contributed by atoms with van der Waals surface area (Å²) in [5, 5.41) is 12.9. The molecule has 156 valence electrons. The van der Waals surface area contributed by atoms with Gasteiger partial charge >= 0.3 is 6.09 Å². The molecule has 0 heterocycles. The van der Waals surface area contributed by atoms with E-state index in [1.54, 1.807) is 20.8 Å². The third kappa shape index (κ3) is 16.8. The molecule has 0 atom stereocenters. The normalized spacial score (nSPS) is 11.3. The summed E-state index contributed by atoms with van der Waals surface area (Å²) >= 11 is 0. The Kier molecular flexibility index (Phi) is 10.4. The van der Waals surface area contributed by atoms with Gasteiger partial charge in [0.15, 0.2) is 0 Å². The number of hydrogen-bond acceptors (Lipinski definition) is 6. The standard InChI is InChI=1S/C17H33N5O5/c1-16(2,3)22-11-14(25)21-10-13(24)20-9-12(23)18-7-8-19-15(26)27-17(4,5)6/h22H,7-11H2,1-6H3,(H,18,23)(H,19,26)(H,20,24)(H,21,25). The lowest BCUT2D eigenvalue weighted by molar-refractivity contribution is -0.127. The van der Waals surface area contributed by atoms with E-state index in [0.717, 1.165) is 0 Å². The molecule has 0 unspecified atom stereocenters.